The molecule has 4 nitrogen and oxygen atoms in total. The van der Waals surface area contributed by atoms with Crippen molar-refractivity contribution in [3.05, 3.63) is 29.8 Å². The highest BCUT2D eigenvalue weighted by Crippen LogP contribution is 2.12. The number of nitrogens with one attached hydrogen (secondary N) is 2. The summed E-state index contributed by atoms with van der Waals surface area (Å²) in [5.41, 5.74) is 1.18. The molecular weight excluding hydrogens is 240 g/mol. The van der Waals surface area contributed by atoms with Gasteiger partial charge in [-0.25, -0.2) is 0 Å². The lowest BCUT2D eigenvalue weighted by Gasteiger charge is -2.30. The van der Waals surface area contributed by atoms with Crippen LogP contribution in [0.15, 0.2) is 24.3 Å². The van der Waals surface area contributed by atoms with Crippen LogP contribution in [0, 0.1) is 12.8 Å². The third-order valence-corrected chi connectivity index (χ3v) is 3.52. The summed E-state index contributed by atoms with van der Waals surface area (Å²) in [5, 5.41) is 6.36. The number of aryl methyl sites for hydroxylation is 1. The van der Waals surface area contributed by atoms with Crippen LogP contribution < -0.4 is 15.4 Å². The second-order valence-corrected chi connectivity index (χ2v) is 5.25. The first-order chi connectivity index (χ1) is 9.15. The lowest BCUT2D eigenvalue weighted by atomic mass is 9.95. The van der Waals surface area contributed by atoms with Crippen molar-refractivity contribution in [2.45, 2.75) is 26.3 Å². The molecule has 1 fully saturated rings. The molecular formula is C15H22N2O2. The fourth-order valence-electron chi connectivity index (χ4n) is 2.26. The Morgan fingerprint density at radius 2 is 2.16 bits per heavy atom. The number of rotatable bonds is 4. The molecule has 1 aromatic carbocycles. The fourth-order valence-corrected chi connectivity index (χ4v) is 2.26. The van der Waals surface area contributed by atoms with Gasteiger partial charge in [0.15, 0.2) is 6.61 Å². The minimum Gasteiger partial charge on any atom is -0.484 e. The van der Waals surface area contributed by atoms with Crippen LogP contribution in [0.1, 0.15) is 18.9 Å². The summed E-state index contributed by atoms with van der Waals surface area (Å²) in [7, 11) is 0. The van der Waals surface area contributed by atoms with E-state index in [0.29, 0.717) is 5.92 Å². The number of hydrogen-bond donors (Lipinski definition) is 2. The molecule has 2 unspecified atom stereocenters. The number of hydrogen-bond acceptors (Lipinski definition) is 3. The maximum Gasteiger partial charge on any atom is 0.258 e. The van der Waals surface area contributed by atoms with Crippen molar-refractivity contribution in [1.29, 1.82) is 0 Å². The van der Waals surface area contributed by atoms with Gasteiger partial charge in [-0.2, -0.15) is 0 Å². The van der Waals surface area contributed by atoms with Crippen LogP contribution in [0.2, 0.25) is 0 Å². The van der Waals surface area contributed by atoms with Gasteiger partial charge in [-0.05, 0) is 44.5 Å². The maximum absolute atomic E-state index is 11.8. The average Bonchev–Trinajstić information content (AvgIpc) is 2.41. The van der Waals surface area contributed by atoms with Crippen molar-refractivity contribution >= 4 is 5.91 Å². The van der Waals surface area contributed by atoms with E-state index in [4.69, 9.17) is 4.74 Å². The third kappa shape index (κ3) is 4.24. The molecule has 0 radical (unpaired) electrons. The molecule has 1 aliphatic heterocycles. The van der Waals surface area contributed by atoms with Crippen molar-refractivity contribution in [3.8, 4) is 5.75 Å². The Balaban J connectivity index is 1.76. The van der Waals surface area contributed by atoms with E-state index in [1.165, 1.54) is 5.56 Å². The SMILES string of the molecule is Cc1ccc(OCC(=O)NC2CCNCC2C)cc1. The van der Waals surface area contributed by atoms with E-state index >= 15 is 0 Å². The molecule has 2 atom stereocenters. The molecule has 0 aromatic heterocycles. The monoisotopic (exact) mass is 262 g/mol. The van der Waals surface area contributed by atoms with Crippen LogP contribution in [-0.4, -0.2) is 31.6 Å². The molecule has 0 saturated carbocycles. The Hall–Kier alpha value is -1.55. The van der Waals surface area contributed by atoms with Gasteiger partial charge < -0.3 is 15.4 Å². The Morgan fingerprint density at radius 3 is 2.84 bits per heavy atom. The molecule has 4 heteroatoms. The molecule has 1 amide bonds. The van der Waals surface area contributed by atoms with Crippen LogP contribution in [0.5, 0.6) is 5.75 Å². The second-order valence-electron chi connectivity index (χ2n) is 5.25. The van der Waals surface area contributed by atoms with E-state index in [-0.39, 0.29) is 18.6 Å². The zero-order valence-electron chi connectivity index (χ0n) is 11.6. The summed E-state index contributed by atoms with van der Waals surface area (Å²) in [4.78, 5) is 11.8. The number of benzene rings is 1. The van der Waals surface area contributed by atoms with Crippen molar-refractivity contribution in [2.24, 2.45) is 5.92 Å². The van der Waals surface area contributed by atoms with Crippen molar-refractivity contribution in [1.82, 2.24) is 10.6 Å². The molecule has 0 aliphatic carbocycles. The smallest absolute Gasteiger partial charge is 0.258 e. The van der Waals surface area contributed by atoms with Crippen LogP contribution in [0.25, 0.3) is 0 Å². The van der Waals surface area contributed by atoms with Gasteiger partial charge in [0.2, 0.25) is 0 Å². The molecule has 1 saturated heterocycles. The van der Waals surface area contributed by atoms with Gasteiger partial charge in [0, 0.05) is 6.04 Å². The van der Waals surface area contributed by atoms with Crippen molar-refractivity contribution in [3.63, 3.8) is 0 Å². The average molecular weight is 262 g/mol. The Bertz CT molecular complexity index is 417. The minimum atomic E-state index is -0.0423. The number of amides is 1. The Kier molecular flexibility index (Phi) is 4.80. The summed E-state index contributed by atoms with van der Waals surface area (Å²) in [6.07, 6.45) is 0.984. The topological polar surface area (TPSA) is 50.4 Å². The first-order valence-electron chi connectivity index (χ1n) is 6.84. The number of piperidine rings is 1. The summed E-state index contributed by atoms with van der Waals surface area (Å²) in [6.45, 7) is 6.19. The summed E-state index contributed by atoms with van der Waals surface area (Å²) in [5.74, 6) is 1.16. The Labute approximate surface area is 114 Å². The minimum absolute atomic E-state index is 0.0423. The van der Waals surface area contributed by atoms with Gasteiger partial charge in [0.25, 0.3) is 5.91 Å². The molecule has 0 spiro atoms. The Morgan fingerprint density at radius 1 is 1.42 bits per heavy atom. The van der Waals surface area contributed by atoms with Gasteiger partial charge in [-0.15, -0.1) is 0 Å². The molecule has 1 aliphatic rings. The molecule has 2 N–H and O–H groups in total. The lowest BCUT2D eigenvalue weighted by molar-refractivity contribution is -0.124. The molecule has 0 bridgehead atoms. The number of carbonyl (C=O) groups excluding carboxylic acids is 1. The highest BCUT2D eigenvalue weighted by molar-refractivity contribution is 5.77. The first-order valence-corrected chi connectivity index (χ1v) is 6.84. The van der Waals surface area contributed by atoms with Crippen LogP contribution in [0.4, 0.5) is 0 Å². The molecule has 1 heterocycles. The summed E-state index contributed by atoms with van der Waals surface area (Å²) >= 11 is 0. The quantitative estimate of drug-likeness (QED) is 0.864. The zero-order chi connectivity index (χ0) is 13.7. The van der Waals surface area contributed by atoms with Crippen molar-refractivity contribution < 1.29 is 9.53 Å². The summed E-state index contributed by atoms with van der Waals surface area (Å²) < 4.78 is 5.47. The molecule has 1 aromatic rings. The van der Waals surface area contributed by atoms with Gasteiger partial charge in [0.05, 0.1) is 0 Å². The normalized spacial score (nSPS) is 22.8. The first kappa shape index (κ1) is 13.9. The predicted molar refractivity (Wildman–Crippen MR) is 75.3 cm³/mol. The van der Waals surface area contributed by atoms with E-state index < -0.39 is 0 Å². The molecule has 2 rings (SSSR count). The van der Waals surface area contributed by atoms with E-state index in [1.807, 2.05) is 31.2 Å². The van der Waals surface area contributed by atoms with Crippen LogP contribution >= 0.6 is 0 Å². The third-order valence-electron chi connectivity index (χ3n) is 3.52. The number of carbonyl (C=O) groups is 1. The predicted octanol–water partition coefficient (Wildman–Crippen LogP) is 1.49. The zero-order valence-corrected chi connectivity index (χ0v) is 11.6. The molecule has 19 heavy (non-hydrogen) atoms. The van der Waals surface area contributed by atoms with Gasteiger partial charge in [0.1, 0.15) is 5.75 Å². The highest BCUT2D eigenvalue weighted by atomic mass is 16.5. The van der Waals surface area contributed by atoms with Crippen molar-refractivity contribution in [2.75, 3.05) is 19.7 Å². The highest BCUT2D eigenvalue weighted by Gasteiger charge is 2.22. The fraction of sp³-hybridized carbons (Fsp3) is 0.533. The van der Waals surface area contributed by atoms with E-state index in [1.54, 1.807) is 0 Å². The van der Waals surface area contributed by atoms with Crippen LogP contribution in [0.3, 0.4) is 0 Å². The standard InChI is InChI=1S/C15H22N2O2/c1-11-3-5-13(6-4-11)19-10-15(18)17-14-7-8-16-9-12(14)2/h3-6,12,14,16H,7-10H2,1-2H3,(H,17,18). The maximum atomic E-state index is 11.8. The van der Waals surface area contributed by atoms with E-state index in [2.05, 4.69) is 17.6 Å². The van der Waals surface area contributed by atoms with E-state index in [0.717, 1.165) is 25.3 Å². The van der Waals surface area contributed by atoms with Gasteiger partial charge in [-0.1, -0.05) is 24.6 Å². The summed E-state index contributed by atoms with van der Waals surface area (Å²) in [6, 6.07) is 7.98. The van der Waals surface area contributed by atoms with E-state index in [9.17, 15) is 4.79 Å². The number of ether oxygens (including phenoxy) is 1. The second kappa shape index (κ2) is 6.57. The van der Waals surface area contributed by atoms with Gasteiger partial charge >= 0.3 is 0 Å². The lowest BCUT2D eigenvalue weighted by Crippen LogP contribution is -2.49. The largest absolute Gasteiger partial charge is 0.484 e. The molecule has 104 valence electrons. The van der Waals surface area contributed by atoms with Gasteiger partial charge in [-0.3, -0.25) is 4.79 Å². The van der Waals surface area contributed by atoms with Crippen LogP contribution in [-0.2, 0) is 4.79 Å².